The Morgan fingerprint density at radius 2 is 1.75 bits per heavy atom. The van der Waals surface area contributed by atoms with E-state index in [1.165, 1.54) is 16.4 Å². The van der Waals surface area contributed by atoms with E-state index >= 15 is 0 Å². The molecule has 9 nitrogen and oxygen atoms in total. The van der Waals surface area contributed by atoms with Gasteiger partial charge in [0.2, 0.25) is 21.8 Å². The zero-order valence-corrected chi connectivity index (χ0v) is 19.1. The van der Waals surface area contributed by atoms with Gasteiger partial charge in [-0.3, -0.25) is 4.79 Å². The monoisotopic (exact) mass is 494 g/mol. The van der Waals surface area contributed by atoms with Crippen LogP contribution in [0.15, 0.2) is 63.1 Å². The summed E-state index contributed by atoms with van der Waals surface area (Å²) in [6.07, 6.45) is 0. The number of carbonyl (C=O) groups excluding carboxylic acids is 1. The van der Waals surface area contributed by atoms with E-state index < -0.39 is 10.0 Å². The number of morpholine rings is 1. The number of nitrogens with zero attached hydrogens (tertiary/aromatic N) is 3. The number of hydrogen-bond donors (Lipinski definition) is 1. The van der Waals surface area contributed by atoms with Gasteiger partial charge in [0.1, 0.15) is 0 Å². The lowest BCUT2D eigenvalue weighted by Crippen LogP contribution is -2.40. The summed E-state index contributed by atoms with van der Waals surface area (Å²) in [7, 11) is -3.57. The fourth-order valence-electron chi connectivity index (χ4n) is 2.95. The summed E-state index contributed by atoms with van der Waals surface area (Å²) in [5, 5.41) is 11.5. The Labute approximate surface area is 194 Å². The van der Waals surface area contributed by atoms with Crippen LogP contribution >= 0.6 is 23.4 Å². The van der Waals surface area contributed by atoms with Gasteiger partial charge < -0.3 is 14.5 Å². The van der Waals surface area contributed by atoms with Crippen LogP contribution in [0.1, 0.15) is 0 Å². The number of ether oxygens (including phenoxy) is 1. The first kappa shape index (κ1) is 22.7. The number of aromatic nitrogens is 2. The van der Waals surface area contributed by atoms with Crippen molar-refractivity contribution in [2.24, 2.45) is 0 Å². The van der Waals surface area contributed by atoms with Gasteiger partial charge >= 0.3 is 0 Å². The van der Waals surface area contributed by atoms with Gasteiger partial charge in [-0.1, -0.05) is 23.4 Å². The number of amides is 1. The van der Waals surface area contributed by atoms with Crippen molar-refractivity contribution in [3.8, 4) is 11.5 Å². The van der Waals surface area contributed by atoms with Crippen molar-refractivity contribution in [3.63, 3.8) is 0 Å². The number of carbonyl (C=O) groups is 1. The molecule has 0 spiro atoms. The molecule has 12 heteroatoms. The molecule has 0 radical (unpaired) electrons. The predicted molar refractivity (Wildman–Crippen MR) is 120 cm³/mol. The van der Waals surface area contributed by atoms with Crippen LogP contribution < -0.4 is 5.32 Å². The van der Waals surface area contributed by atoms with Crippen molar-refractivity contribution in [2.75, 3.05) is 37.4 Å². The highest BCUT2D eigenvalue weighted by Gasteiger charge is 2.26. The minimum atomic E-state index is -3.57. The maximum absolute atomic E-state index is 12.7. The Balaban J connectivity index is 1.31. The predicted octanol–water partition coefficient (Wildman–Crippen LogP) is 3.14. The maximum atomic E-state index is 12.7. The molecule has 3 aromatic rings. The number of hydrogen-bond acceptors (Lipinski definition) is 8. The number of thioether (sulfide) groups is 1. The third kappa shape index (κ3) is 5.48. The number of anilines is 1. The molecule has 0 bridgehead atoms. The molecule has 1 aromatic heterocycles. The first-order chi connectivity index (χ1) is 15.4. The van der Waals surface area contributed by atoms with Gasteiger partial charge in [0.05, 0.1) is 23.9 Å². The second kappa shape index (κ2) is 10.0. The second-order valence-electron chi connectivity index (χ2n) is 6.76. The third-order valence-corrected chi connectivity index (χ3v) is 7.55. The molecule has 1 saturated heterocycles. The number of halogens is 1. The van der Waals surface area contributed by atoms with Gasteiger partial charge in [-0.05, 0) is 48.5 Å². The van der Waals surface area contributed by atoms with E-state index in [4.69, 9.17) is 20.8 Å². The van der Waals surface area contributed by atoms with Crippen molar-refractivity contribution >= 4 is 45.0 Å². The summed E-state index contributed by atoms with van der Waals surface area (Å²) in [6, 6.07) is 13.0. The SMILES string of the molecule is O=C(CSc1nnc(-c2ccc(Cl)cc2)o1)Nc1ccc(S(=O)(=O)N2CCOCC2)cc1. The summed E-state index contributed by atoms with van der Waals surface area (Å²) in [4.78, 5) is 12.4. The minimum absolute atomic E-state index is 0.0517. The van der Waals surface area contributed by atoms with Crippen LogP contribution in [-0.2, 0) is 19.6 Å². The molecule has 2 aromatic carbocycles. The number of nitrogens with one attached hydrogen (secondary N) is 1. The molecule has 0 atom stereocenters. The van der Waals surface area contributed by atoms with Crippen LogP contribution in [0.4, 0.5) is 5.69 Å². The van der Waals surface area contributed by atoms with E-state index in [9.17, 15) is 13.2 Å². The summed E-state index contributed by atoms with van der Waals surface area (Å²) < 4.78 is 37.5. The van der Waals surface area contributed by atoms with E-state index in [1.807, 2.05) is 0 Å². The first-order valence-corrected chi connectivity index (χ1v) is 12.4. The van der Waals surface area contributed by atoms with Crippen molar-refractivity contribution in [1.29, 1.82) is 0 Å². The topological polar surface area (TPSA) is 115 Å². The lowest BCUT2D eigenvalue weighted by atomic mass is 10.2. The minimum Gasteiger partial charge on any atom is -0.411 e. The Morgan fingerprint density at radius 3 is 2.44 bits per heavy atom. The molecule has 168 valence electrons. The fraction of sp³-hybridized carbons (Fsp3) is 0.250. The number of rotatable bonds is 7. The summed E-state index contributed by atoms with van der Waals surface area (Å²) in [6.45, 7) is 1.42. The van der Waals surface area contributed by atoms with E-state index in [0.29, 0.717) is 42.9 Å². The molecule has 2 heterocycles. The maximum Gasteiger partial charge on any atom is 0.277 e. The van der Waals surface area contributed by atoms with E-state index in [1.54, 1.807) is 36.4 Å². The summed E-state index contributed by atoms with van der Waals surface area (Å²) >= 11 is 6.97. The van der Waals surface area contributed by atoms with Gasteiger partial charge in [0.15, 0.2) is 0 Å². The Morgan fingerprint density at radius 1 is 1.06 bits per heavy atom. The Hall–Kier alpha value is -2.44. The zero-order valence-electron chi connectivity index (χ0n) is 16.7. The normalized spacial score (nSPS) is 14.9. The molecule has 32 heavy (non-hydrogen) atoms. The van der Waals surface area contributed by atoms with Gasteiger partial charge in [0, 0.05) is 29.4 Å². The Bertz CT molecular complexity index is 1180. The molecule has 1 aliphatic rings. The van der Waals surface area contributed by atoms with E-state index in [0.717, 1.165) is 17.3 Å². The molecular formula is C20H19ClN4O5S2. The molecule has 1 aliphatic heterocycles. The average Bonchev–Trinajstić information content (AvgIpc) is 3.28. The highest BCUT2D eigenvalue weighted by Crippen LogP contribution is 2.25. The van der Waals surface area contributed by atoms with E-state index in [2.05, 4.69) is 15.5 Å². The standard InChI is InChI=1S/C20H19ClN4O5S2/c21-15-3-1-14(2-4-15)19-23-24-20(30-19)31-13-18(26)22-16-5-7-17(8-6-16)32(27,28)25-9-11-29-12-10-25/h1-8H,9-13H2,(H,22,26). The zero-order chi connectivity index (χ0) is 22.6. The van der Waals surface area contributed by atoms with Crippen LogP contribution in [0, 0.1) is 0 Å². The molecule has 1 fully saturated rings. The lowest BCUT2D eigenvalue weighted by Gasteiger charge is -2.26. The van der Waals surface area contributed by atoms with E-state index in [-0.39, 0.29) is 21.8 Å². The van der Waals surface area contributed by atoms with Gasteiger partial charge in [-0.25, -0.2) is 8.42 Å². The van der Waals surface area contributed by atoms with Crippen LogP contribution in [0.2, 0.25) is 5.02 Å². The lowest BCUT2D eigenvalue weighted by molar-refractivity contribution is -0.113. The second-order valence-corrected chi connectivity index (χ2v) is 10.1. The van der Waals surface area contributed by atoms with Gasteiger partial charge in [-0.2, -0.15) is 4.31 Å². The average molecular weight is 495 g/mol. The van der Waals surface area contributed by atoms with Crippen molar-refractivity contribution in [1.82, 2.24) is 14.5 Å². The van der Waals surface area contributed by atoms with Crippen molar-refractivity contribution < 1.29 is 22.4 Å². The van der Waals surface area contributed by atoms with Crippen LogP contribution in [0.5, 0.6) is 0 Å². The quantitative estimate of drug-likeness (QED) is 0.498. The fourth-order valence-corrected chi connectivity index (χ4v) is 5.04. The third-order valence-electron chi connectivity index (χ3n) is 4.57. The highest BCUT2D eigenvalue weighted by atomic mass is 35.5. The first-order valence-electron chi connectivity index (χ1n) is 9.62. The molecule has 1 N–H and O–H groups in total. The molecule has 0 unspecified atom stereocenters. The largest absolute Gasteiger partial charge is 0.411 e. The molecule has 1 amide bonds. The van der Waals surface area contributed by atoms with Crippen molar-refractivity contribution in [3.05, 3.63) is 53.6 Å². The van der Waals surface area contributed by atoms with Gasteiger partial charge in [0.25, 0.3) is 5.22 Å². The highest BCUT2D eigenvalue weighted by molar-refractivity contribution is 7.99. The number of sulfonamides is 1. The van der Waals surface area contributed by atoms with Crippen molar-refractivity contribution in [2.45, 2.75) is 10.1 Å². The van der Waals surface area contributed by atoms with Crippen LogP contribution in [0.25, 0.3) is 11.5 Å². The summed E-state index contributed by atoms with van der Waals surface area (Å²) in [5.74, 6) is 0.0995. The van der Waals surface area contributed by atoms with Crippen LogP contribution in [-0.4, -0.2) is 60.9 Å². The molecule has 0 aliphatic carbocycles. The molecule has 4 rings (SSSR count). The van der Waals surface area contributed by atoms with Gasteiger partial charge in [-0.15, -0.1) is 10.2 Å². The molecular weight excluding hydrogens is 476 g/mol. The summed E-state index contributed by atoms with van der Waals surface area (Å²) in [5.41, 5.74) is 1.22. The smallest absolute Gasteiger partial charge is 0.277 e. The molecule has 0 saturated carbocycles. The number of benzene rings is 2. The van der Waals surface area contributed by atoms with Crippen LogP contribution in [0.3, 0.4) is 0 Å². The Kier molecular flexibility index (Phi) is 7.11.